The highest BCUT2D eigenvalue weighted by Gasteiger charge is 2.16. The normalized spacial score (nSPS) is 18.4. The molecule has 1 amide bonds. The van der Waals surface area contributed by atoms with Crippen LogP contribution in [-0.4, -0.2) is 30.9 Å². The van der Waals surface area contributed by atoms with E-state index in [-0.39, 0.29) is 17.4 Å². The summed E-state index contributed by atoms with van der Waals surface area (Å²) < 4.78 is 5.49. The molecule has 0 spiro atoms. The average Bonchev–Trinajstić information content (AvgIpc) is 2.98. The number of benzene rings is 1. The summed E-state index contributed by atoms with van der Waals surface area (Å²) in [7, 11) is 0. The lowest BCUT2D eigenvalue weighted by Crippen LogP contribution is -2.32. The maximum Gasteiger partial charge on any atom is 0.230 e. The van der Waals surface area contributed by atoms with Gasteiger partial charge in [0.2, 0.25) is 5.91 Å². The second-order valence-electron chi connectivity index (χ2n) is 6.88. The fourth-order valence-electron chi connectivity index (χ4n) is 2.45. The molecule has 1 aliphatic heterocycles. The third kappa shape index (κ3) is 5.65. The largest absolute Gasteiger partial charge is 0.376 e. The van der Waals surface area contributed by atoms with E-state index < -0.39 is 0 Å². The van der Waals surface area contributed by atoms with Gasteiger partial charge in [0.15, 0.2) is 0 Å². The Hall–Kier alpha value is -1.00. The number of rotatable bonds is 6. The van der Waals surface area contributed by atoms with Crippen LogP contribution in [0.3, 0.4) is 0 Å². The van der Waals surface area contributed by atoms with E-state index in [0.717, 1.165) is 25.2 Å². The van der Waals surface area contributed by atoms with Crippen LogP contribution < -0.4 is 5.32 Å². The Morgan fingerprint density at radius 3 is 2.64 bits per heavy atom. The summed E-state index contributed by atoms with van der Waals surface area (Å²) in [6, 6.07) is 8.70. The molecule has 0 radical (unpaired) electrons. The summed E-state index contributed by atoms with van der Waals surface area (Å²) >= 11 is 1.66. The van der Waals surface area contributed by atoms with Gasteiger partial charge in [-0.2, -0.15) is 0 Å². The molecule has 1 aliphatic rings. The minimum absolute atomic E-state index is 0.104. The maximum atomic E-state index is 11.8. The molecule has 1 fully saturated rings. The van der Waals surface area contributed by atoms with Gasteiger partial charge < -0.3 is 10.1 Å². The molecular formula is C18H27NO2S. The minimum atomic E-state index is 0.104. The molecule has 1 atom stereocenters. The van der Waals surface area contributed by atoms with Gasteiger partial charge in [0, 0.05) is 18.9 Å². The van der Waals surface area contributed by atoms with Crippen molar-refractivity contribution in [3.63, 3.8) is 0 Å². The lowest BCUT2D eigenvalue weighted by molar-refractivity contribution is -0.119. The summed E-state index contributed by atoms with van der Waals surface area (Å²) in [6.07, 6.45) is 2.40. The van der Waals surface area contributed by atoms with E-state index in [4.69, 9.17) is 4.74 Å². The molecule has 122 valence electrons. The molecule has 4 heteroatoms. The van der Waals surface area contributed by atoms with Gasteiger partial charge in [0.25, 0.3) is 0 Å². The molecule has 1 unspecified atom stereocenters. The molecule has 22 heavy (non-hydrogen) atoms. The molecule has 0 aromatic heterocycles. The van der Waals surface area contributed by atoms with Crippen molar-refractivity contribution in [1.82, 2.24) is 5.32 Å². The summed E-state index contributed by atoms with van der Waals surface area (Å²) in [4.78, 5) is 11.8. The van der Waals surface area contributed by atoms with Crippen LogP contribution in [0.1, 0.15) is 44.7 Å². The van der Waals surface area contributed by atoms with Crippen molar-refractivity contribution in [2.75, 3.05) is 18.9 Å². The first kappa shape index (κ1) is 17.4. The lowest BCUT2D eigenvalue weighted by atomic mass is 9.87. The molecule has 1 N–H and O–H groups in total. The van der Waals surface area contributed by atoms with Crippen molar-refractivity contribution in [2.45, 2.75) is 50.9 Å². The summed E-state index contributed by atoms with van der Waals surface area (Å²) in [5, 5.41) is 2.96. The third-order valence-electron chi connectivity index (χ3n) is 3.87. The SMILES string of the molecule is CC(C)(C)c1ccc(CSCC(=O)NCC2CCCO2)cc1. The molecule has 0 aliphatic carbocycles. The van der Waals surface area contributed by atoms with Gasteiger partial charge in [0.1, 0.15) is 0 Å². The van der Waals surface area contributed by atoms with Crippen LogP contribution in [0, 0.1) is 0 Å². The predicted octanol–water partition coefficient (Wildman–Crippen LogP) is 3.51. The quantitative estimate of drug-likeness (QED) is 0.871. The van der Waals surface area contributed by atoms with Gasteiger partial charge in [0.05, 0.1) is 11.9 Å². The molecule has 1 heterocycles. The van der Waals surface area contributed by atoms with E-state index in [1.165, 1.54) is 11.1 Å². The average molecular weight is 321 g/mol. The minimum Gasteiger partial charge on any atom is -0.376 e. The Balaban J connectivity index is 1.66. The van der Waals surface area contributed by atoms with E-state index in [1.54, 1.807) is 11.8 Å². The topological polar surface area (TPSA) is 38.3 Å². The van der Waals surface area contributed by atoms with Crippen molar-refractivity contribution in [1.29, 1.82) is 0 Å². The van der Waals surface area contributed by atoms with Crippen LogP contribution in [0.15, 0.2) is 24.3 Å². The smallest absolute Gasteiger partial charge is 0.230 e. The van der Waals surface area contributed by atoms with Gasteiger partial charge in [-0.25, -0.2) is 0 Å². The first-order chi connectivity index (χ1) is 10.4. The number of hydrogen-bond acceptors (Lipinski definition) is 3. The second-order valence-corrected chi connectivity index (χ2v) is 7.86. The third-order valence-corrected chi connectivity index (χ3v) is 4.88. The number of hydrogen-bond donors (Lipinski definition) is 1. The predicted molar refractivity (Wildman–Crippen MR) is 93.3 cm³/mol. The number of ether oxygens (including phenoxy) is 1. The molecule has 0 bridgehead atoms. The van der Waals surface area contributed by atoms with E-state index in [2.05, 4.69) is 50.4 Å². The van der Waals surface area contributed by atoms with E-state index >= 15 is 0 Å². The van der Waals surface area contributed by atoms with Crippen molar-refractivity contribution < 1.29 is 9.53 Å². The van der Waals surface area contributed by atoms with Crippen LogP contribution in [0.25, 0.3) is 0 Å². The number of amides is 1. The van der Waals surface area contributed by atoms with E-state index in [9.17, 15) is 4.79 Å². The summed E-state index contributed by atoms with van der Waals surface area (Å²) in [5.41, 5.74) is 2.80. The number of nitrogens with one attached hydrogen (secondary N) is 1. The zero-order chi connectivity index (χ0) is 16.0. The number of thioether (sulfide) groups is 1. The van der Waals surface area contributed by atoms with Crippen molar-refractivity contribution >= 4 is 17.7 Å². The Bertz CT molecular complexity index is 473. The molecule has 1 saturated heterocycles. The Morgan fingerprint density at radius 1 is 1.32 bits per heavy atom. The van der Waals surface area contributed by atoms with Gasteiger partial charge in [-0.1, -0.05) is 45.0 Å². The zero-order valence-electron chi connectivity index (χ0n) is 13.9. The molecule has 3 nitrogen and oxygen atoms in total. The van der Waals surface area contributed by atoms with Crippen LogP contribution in [-0.2, 0) is 20.7 Å². The van der Waals surface area contributed by atoms with Gasteiger partial charge in [-0.05, 0) is 29.4 Å². The van der Waals surface area contributed by atoms with Crippen LogP contribution in [0.5, 0.6) is 0 Å². The molecule has 0 saturated carbocycles. The first-order valence-electron chi connectivity index (χ1n) is 8.00. The summed E-state index contributed by atoms with van der Waals surface area (Å²) in [5.74, 6) is 1.48. The molecule has 2 rings (SSSR count). The lowest BCUT2D eigenvalue weighted by Gasteiger charge is -2.19. The standard InChI is InChI=1S/C18H27NO2S/c1-18(2,3)15-8-6-14(7-9-15)12-22-13-17(20)19-11-16-5-4-10-21-16/h6-9,16H,4-5,10-13H2,1-3H3,(H,19,20). The number of carbonyl (C=O) groups excluding carboxylic acids is 1. The monoisotopic (exact) mass is 321 g/mol. The van der Waals surface area contributed by atoms with E-state index in [0.29, 0.717) is 12.3 Å². The van der Waals surface area contributed by atoms with Crippen LogP contribution in [0.4, 0.5) is 0 Å². The molecule has 1 aromatic carbocycles. The number of carbonyl (C=O) groups is 1. The van der Waals surface area contributed by atoms with Crippen LogP contribution in [0.2, 0.25) is 0 Å². The second kappa shape index (κ2) is 8.02. The highest BCUT2D eigenvalue weighted by Crippen LogP contribution is 2.23. The fraction of sp³-hybridized carbons (Fsp3) is 0.611. The highest BCUT2D eigenvalue weighted by atomic mass is 32.2. The van der Waals surface area contributed by atoms with E-state index in [1.807, 2.05) is 0 Å². The van der Waals surface area contributed by atoms with Gasteiger partial charge in [-0.3, -0.25) is 4.79 Å². The van der Waals surface area contributed by atoms with Gasteiger partial charge >= 0.3 is 0 Å². The zero-order valence-corrected chi connectivity index (χ0v) is 14.7. The summed E-state index contributed by atoms with van der Waals surface area (Å²) in [6.45, 7) is 8.14. The fourth-order valence-corrected chi connectivity index (χ4v) is 3.26. The molecular weight excluding hydrogens is 294 g/mol. The van der Waals surface area contributed by atoms with Crippen molar-refractivity contribution in [3.05, 3.63) is 35.4 Å². The Kier molecular flexibility index (Phi) is 6.33. The van der Waals surface area contributed by atoms with Crippen LogP contribution >= 0.6 is 11.8 Å². The Labute approximate surface area is 138 Å². The highest BCUT2D eigenvalue weighted by molar-refractivity contribution is 7.99. The van der Waals surface area contributed by atoms with Gasteiger partial charge in [-0.15, -0.1) is 11.8 Å². The maximum absolute atomic E-state index is 11.8. The Morgan fingerprint density at radius 2 is 2.05 bits per heavy atom. The first-order valence-corrected chi connectivity index (χ1v) is 9.16. The molecule has 1 aromatic rings. The van der Waals surface area contributed by atoms with Crippen molar-refractivity contribution in [2.24, 2.45) is 0 Å². The van der Waals surface area contributed by atoms with Crippen molar-refractivity contribution in [3.8, 4) is 0 Å².